The van der Waals surface area contributed by atoms with Gasteiger partial charge in [-0.05, 0) is 25.1 Å². The van der Waals surface area contributed by atoms with Crippen LogP contribution in [0.15, 0.2) is 18.2 Å². The molecule has 0 aliphatic rings. The van der Waals surface area contributed by atoms with Crippen LogP contribution in [-0.4, -0.2) is 41.2 Å². The number of carboxylic acid groups (broad SMARTS) is 1. The average Bonchev–Trinajstić information content (AvgIpc) is 2.59. The van der Waals surface area contributed by atoms with Crippen LogP contribution in [0.3, 0.4) is 0 Å². The number of nitrogens with zero attached hydrogens (tertiary/aromatic N) is 2. The molecule has 2 aromatic rings. The number of benzene rings is 1. The maximum atomic E-state index is 12.8. The second-order valence-corrected chi connectivity index (χ2v) is 5.23. The van der Waals surface area contributed by atoms with E-state index in [2.05, 4.69) is 15.3 Å². The summed E-state index contributed by atoms with van der Waals surface area (Å²) in [6, 6.07) is 3.32. The largest absolute Gasteiger partial charge is 0.493 e. The molecule has 0 saturated carbocycles. The topological polar surface area (TPSA) is 111 Å². The molecule has 144 valence electrons. The molecule has 0 aliphatic heterocycles. The van der Waals surface area contributed by atoms with Crippen molar-refractivity contribution in [3.63, 3.8) is 0 Å². The van der Waals surface area contributed by atoms with Gasteiger partial charge in [-0.2, -0.15) is 13.2 Å². The lowest BCUT2D eigenvalue weighted by Crippen LogP contribution is -2.20. The predicted molar refractivity (Wildman–Crippen MR) is 86.2 cm³/mol. The van der Waals surface area contributed by atoms with Crippen LogP contribution in [0.1, 0.15) is 32.4 Å². The van der Waals surface area contributed by atoms with Crippen molar-refractivity contribution in [2.24, 2.45) is 0 Å². The van der Waals surface area contributed by atoms with Crippen molar-refractivity contribution < 1.29 is 37.3 Å². The summed E-state index contributed by atoms with van der Waals surface area (Å²) in [5.41, 5.74) is -0.940. The number of amides is 1. The molecule has 0 saturated heterocycles. The number of nitrogens with one attached hydrogen (secondary N) is 1. The van der Waals surface area contributed by atoms with E-state index >= 15 is 0 Å². The normalized spacial score (nSPS) is 11.0. The Morgan fingerprint density at radius 3 is 2.30 bits per heavy atom. The molecular weight excluding hydrogens is 371 g/mol. The highest BCUT2D eigenvalue weighted by molar-refractivity contribution is 6.05. The standard InChI is InChI=1S/C16H14F3N3O5/c1-7-4-10(22-15(20-7)16(17,18)19)13(23)21-9-5-8(14(24)25)6-11(26-2)12(9)27-3/h4-6H,1-3H3,(H,21,23)(H,24,25). The summed E-state index contributed by atoms with van der Waals surface area (Å²) < 4.78 is 48.6. The Labute approximate surface area is 151 Å². The van der Waals surface area contributed by atoms with Crippen molar-refractivity contribution in [1.29, 1.82) is 0 Å². The first-order valence-corrected chi connectivity index (χ1v) is 7.30. The molecule has 1 aromatic carbocycles. The monoisotopic (exact) mass is 385 g/mol. The number of hydrogen-bond donors (Lipinski definition) is 2. The molecule has 1 amide bonds. The number of carbonyl (C=O) groups is 2. The molecular formula is C16H14F3N3O5. The zero-order valence-electron chi connectivity index (χ0n) is 14.3. The first-order chi connectivity index (χ1) is 12.6. The number of aryl methyl sites for hydroxylation is 1. The van der Waals surface area contributed by atoms with Crippen LogP contribution in [-0.2, 0) is 6.18 Å². The maximum Gasteiger partial charge on any atom is 0.451 e. The number of aromatic carboxylic acids is 1. The molecule has 8 nitrogen and oxygen atoms in total. The molecule has 1 aromatic heterocycles. The fourth-order valence-corrected chi connectivity index (χ4v) is 2.18. The Bertz CT molecular complexity index is 900. The Hall–Kier alpha value is -3.37. The van der Waals surface area contributed by atoms with Crippen molar-refractivity contribution in [2.45, 2.75) is 13.1 Å². The third-order valence-corrected chi connectivity index (χ3v) is 3.31. The van der Waals surface area contributed by atoms with Crippen LogP contribution in [0.25, 0.3) is 0 Å². The van der Waals surface area contributed by atoms with E-state index in [9.17, 15) is 22.8 Å². The number of carbonyl (C=O) groups excluding carboxylic acids is 1. The molecule has 0 aliphatic carbocycles. The average molecular weight is 385 g/mol. The van der Waals surface area contributed by atoms with Crippen LogP contribution in [0.5, 0.6) is 11.5 Å². The lowest BCUT2D eigenvalue weighted by Gasteiger charge is -2.15. The van der Waals surface area contributed by atoms with Gasteiger partial charge in [-0.25, -0.2) is 14.8 Å². The summed E-state index contributed by atoms with van der Waals surface area (Å²) in [5.74, 6) is -3.76. The van der Waals surface area contributed by atoms with Gasteiger partial charge in [-0.3, -0.25) is 4.79 Å². The van der Waals surface area contributed by atoms with E-state index in [1.807, 2.05) is 0 Å². The summed E-state index contributed by atoms with van der Waals surface area (Å²) >= 11 is 0. The molecule has 0 bridgehead atoms. The van der Waals surface area contributed by atoms with Crippen molar-refractivity contribution in [1.82, 2.24) is 9.97 Å². The second kappa shape index (κ2) is 7.48. The van der Waals surface area contributed by atoms with E-state index in [1.165, 1.54) is 27.2 Å². The minimum atomic E-state index is -4.83. The number of alkyl halides is 3. The lowest BCUT2D eigenvalue weighted by molar-refractivity contribution is -0.145. The summed E-state index contributed by atoms with van der Waals surface area (Å²) in [6.45, 7) is 1.28. The lowest BCUT2D eigenvalue weighted by atomic mass is 10.1. The number of carboxylic acids is 1. The zero-order valence-corrected chi connectivity index (χ0v) is 14.3. The van der Waals surface area contributed by atoms with Crippen molar-refractivity contribution in [3.8, 4) is 11.5 Å². The predicted octanol–water partition coefficient (Wildman–Crippen LogP) is 2.77. The second-order valence-electron chi connectivity index (χ2n) is 5.23. The van der Waals surface area contributed by atoms with Gasteiger partial charge in [0.2, 0.25) is 5.82 Å². The van der Waals surface area contributed by atoms with E-state index in [-0.39, 0.29) is 28.4 Å². The third kappa shape index (κ3) is 4.43. The van der Waals surface area contributed by atoms with Crippen LogP contribution >= 0.6 is 0 Å². The Balaban J connectivity index is 2.48. The number of hydrogen-bond acceptors (Lipinski definition) is 6. The van der Waals surface area contributed by atoms with E-state index in [4.69, 9.17) is 14.6 Å². The maximum absolute atomic E-state index is 12.8. The number of ether oxygens (including phenoxy) is 2. The number of halogens is 3. The molecule has 2 rings (SSSR count). The molecule has 0 unspecified atom stereocenters. The quantitative estimate of drug-likeness (QED) is 0.814. The summed E-state index contributed by atoms with van der Waals surface area (Å²) in [4.78, 5) is 30.1. The molecule has 0 spiro atoms. The third-order valence-electron chi connectivity index (χ3n) is 3.31. The smallest absolute Gasteiger partial charge is 0.451 e. The molecule has 1 heterocycles. The molecule has 0 atom stereocenters. The summed E-state index contributed by atoms with van der Waals surface area (Å²) in [6.07, 6.45) is -4.83. The van der Waals surface area contributed by atoms with Gasteiger partial charge >= 0.3 is 12.1 Å². The van der Waals surface area contributed by atoms with Crippen LogP contribution in [0, 0.1) is 6.92 Å². The number of methoxy groups -OCH3 is 2. The fourth-order valence-electron chi connectivity index (χ4n) is 2.18. The number of rotatable bonds is 5. The Morgan fingerprint density at radius 1 is 1.11 bits per heavy atom. The van der Waals surface area contributed by atoms with E-state index in [1.54, 1.807) is 0 Å². The number of aromatic nitrogens is 2. The van der Waals surface area contributed by atoms with Crippen molar-refractivity contribution >= 4 is 17.6 Å². The highest BCUT2D eigenvalue weighted by Gasteiger charge is 2.35. The van der Waals surface area contributed by atoms with Gasteiger partial charge in [0.15, 0.2) is 11.5 Å². The highest BCUT2D eigenvalue weighted by atomic mass is 19.4. The van der Waals surface area contributed by atoms with Crippen LogP contribution < -0.4 is 14.8 Å². The van der Waals surface area contributed by atoms with Crippen LogP contribution in [0.4, 0.5) is 18.9 Å². The van der Waals surface area contributed by atoms with Gasteiger partial charge in [0.25, 0.3) is 5.91 Å². The van der Waals surface area contributed by atoms with Gasteiger partial charge in [0.1, 0.15) is 5.69 Å². The molecule has 11 heteroatoms. The molecule has 0 fully saturated rings. The molecule has 27 heavy (non-hydrogen) atoms. The van der Waals surface area contributed by atoms with E-state index in [0.717, 1.165) is 12.1 Å². The van der Waals surface area contributed by atoms with Crippen LogP contribution in [0.2, 0.25) is 0 Å². The van der Waals surface area contributed by atoms with Gasteiger partial charge in [-0.15, -0.1) is 0 Å². The Morgan fingerprint density at radius 2 is 1.78 bits per heavy atom. The summed E-state index contributed by atoms with van der Waals surface area (Å²) in [5, 5.41) is 11.4. The van der Waals surface area contributed by atoms with Crippen molar-refractivity contribution in [3.05, 3.63) is 41.0 Å². The minimum Gasteiger partial charge on any atom is -0.493 e. The molecule has 0 radical (unpaired) electrons. The van der Waals surface area contributed by atoms with Crippen molar-refractivity contribution in [2.75, 3.05) is 19.5 Å². The van der Waals surface area contributed by atoms with E-state index in [0.29, 0.717) is 0 Å². The fraction of sp³-hybridized carbons (Fsp3) is 0.250. The zero-order chi connectivity index (χ0) is 20.4. The SMILES string of the molecule is COc1cc(C(=O)O)cc(NC(=O)c2cc(C)nc(C(F)(F)F)n2)c1OC. The first-order valence-electron chi connectivity index (χ1n) is 7.30. The van der Waals surface area contributed by atoms with Gasteiger partial charge in [-0.1, -0.05) is 0 Å². The van der Waals surface area contributed by atoms with Gasteiger partial charge < -0.3 is 19.9 Å². The van der Waals surface area contributed by atoms with Gasteiger partial charge in [0.05, 0.1) is 25.5 Å². The minimum absolute atomic E-state index is 0.00215. The molecule has 2 N–H and O–H groups in total. The highest BCUT2D eigenvalue weighted by Crippen LogP contribution is 2.37. The van der Waals surface area contributed by atoms with E-state index < -0.39 is 29.6 Å². The Kier molecular flexibility index (Phi) is 5.52. The number of anilines is 1. The van der Waals surface area contributed by atoms with Gasteiger partial charge in [0, 0.05) is 5.69 Å². The first kappa shape index (κ1) is 19.9. The summed E-state index contributed by atoms with van der Waals surface area (Å²) in [7, 11) is 2.52.